The van der Waals surface area contributed by atoms with Gasteiger partial charge in [0.15, 0.2) is 12.6 Å². The number of hydrogen-bond donors (Lipinski definition) is 2. The highest BCUT2D eigenvalue weighted by molar-refractivity contribution is 5.83. The number of carbonyl (C=O) groups excluding carboxylic acids is 2. The first-order chi connectivity index (χ1) is 11.8. The number of hydrogen-bond acceptors (Lipinski definition) is 2. The first-order valence-corrected chi connectivity index (χ1v) is 9.25. The number of quaternary nitrogens is 1. The van der Waals surface area contributed by atoms with Crippen molar-refractivity contribution < 1.29 is 14.5 Å². The van der Waals surface area contributed by atoms with Crippen LogP contribution in [-0.4, -0.2) is 48.9 Å². The highest BCUT2D eigenvalue weighted by atomic mass is 16.2. The molecule has 0 bridgehead atoms. The standard InChI is InChI=1S/C20H31N3O2/c1-20(2,3)21-17(24)15-22(4)18(16-11-7-5-8-12-16)19(25)23-13-9-6-10-14-23/h5,7-8,11-12,18H,6,9-10,13-15H2,1-4H3,(H,21,24)/p+1/t18-/m1/s1. The summed E-state index contributed by atoms with van der Waals surface area (Å²) < 4.78 is 0. The van der Waals surface area contributed by atoms with Crippen LogP contribution in [0.2, 0.25) is 0 Å². The van der Waals surface area contributed by atoms with Crippen molar-refractivity contribution in [2.75, 3.05) is 26.7 Å². The molecule has 1 saturated heterocycles. The van der Waals surface area contributed by atoms with Gasteiger partial charge in [-0.1, -0.05) is 30.3 Å². The highest BCUT2D eigenvalue weighted by Crippen LogP contribution is 2.16. The van der Waals surface area contributed by atoms with Gasteiger partial charge in [0.05, 0.1) is 7.05 Å². The zero-order chi connectivity index (χ0) is 18.4. The molecule has 1 aromatic carbocycles. The molecule has 1 aliphatic rings. The largest absolute Gasteiger partial charge is 0.347 e. The summed E-state index contributed by atoms with van der Waals surface area (Å²) in [5.74, 6) is 0.101. The molecule has 1 unspecified atom stereocenters. The first kappa shape index (κ1) is 19.4. The minimum atomic E-state index is -0.343. The highest BCUT2D eigenvalue weighted by Gasteiger charge is 2.34. The molecule has 1 heterocycles. The number of rotatable bonds is 5. The summed E-state index contributed by atoms with van der Waals surface area (Å²) in [5, 5.41) is 2.99. The maximum atomic E-state index is 13.2. The van der Waals surface area contributed by atoms with E-state index in [4.69, 9.17) is 0 Å². The van der Waals surface area contributed by atoms with Crippen molar-refractivity contribution in [2.45, 2.75) is 51.6 Å². The molecule has 0 spiro atoms. The van der Waals surface area contributed by atoms with E-state index < -0.39 is 0 Å². The van der Waals surface area contributed by atoms with Crippen molar-refractivity contribution in [3.8, 4) is 0 Å². The van der Waals surface area contributed by atoms with Crippen molar-refractivity contribution in [1.29, 1.82) is 0 Å². The van der Waals surface area contributed by atoms with E-state index in [1.807, 2.05) is 63.1 Å². The van der Waals surface area contributed by atoms with Crippen LogP contribution in [0.15, 0.2) is 30.3 Å². The van der Waals surface area contributed by atoms with Crippen molar-refractivity contribution in [3.63, 3.8) is 0 Å². The molecular formula is C20H32N3O2+. The molecular weight excluding hydrogens is 314 g/mol. The minimum absolute atomic E-state index is 0.0302. The molecule has 2 amide bonds. The number of carbonyl (C=O) groups is 2. The zero-order valence-electron chi connectivity index (χ0n) is 16.0. The normalized spacial score (nSPS) is 17.7. The minimum Gasteiger partial charge on any atom is -0.347 e. The van der Waals surface area contributed by atoms with E-state index >= 15 is 0 Å². The lowest BCUT2D eigenvalue weighted by Gasteiger charge is -2.33. The third kappa shape index (κ3) is 5.85. The Morgan fingerprint density at radius 1 is 1.12 bits per heavy atom. The van der Waals surface area contributed by atoms with Crippen LogP contribution in [0.3, 0.4) is 0 Å². The van der Waals surface area contributed by atoms with Crippen LogP contribution < -0.4 is 10.2 Å². The van der Waals surface area contributed by atoms with Crippen molar-refractivity contribution >= 4 is 11.8 Å². The van der Waals surface area contributed by atoms with Gasteiger partial charge in [-0.15, -0.1) is 0 Å². The van der Waals surface area contributed by atoms with Crippen LogP contribution in [0.4, 0.5) is 0 Å². The molecule has 1 fully saturated rings. The van der Waals surface area contributed by atoms with E-state index in [0.717, 1.165) is 36.4 Å². The fraction of sp³-hybridized carbons (Fsp3) is 0.600. The van der Waals surface area contributed by atoms with Gasteiger partial charge in [0.2, 0.25) is 0 Å². The molecule has 0 saturated carbocycles. The van der Waals surface area contributed by atoms with E-state index in [1.165, 1.54) is 6.42 Å². The summed E-state index contributed by atoms with van der Waals surface area (Å²) in [4.78, 5) is 28.4. The van der Waals surface area contributed by atoms with Gasteiger partial charge in [0.1, 0.15) is 0 Å². The molecule has 0 radical (unpaired) electrons. The third-order valence-electron chi connectivity index (χ3n) is 4.49. The Morgan fingerprint density at radius 2 is 1.72 bits per heavy atom. The SMILES string of the molecule is C[NH+](CC(=O)NC(C)(C)C)[C@@H](C(=O)N1CCCCC1)c1ccccc1. The van der Waals surface area contributed by atoms with Gasteiger partial charge < -0.3 is 15.1 Å². The fourth-order valence-corrected chi connectivity index (χ4v) is 3.40. The molecule has 1 aromatic rings. The Hall–Kier alpha value is -1.88. The molecule has 5 nitrogen and oxygen atoms in total. The van der Waals surface area contributed by atoms with E-state index in [1.54, 1.807) is 0 Å². The lowest BCUT2D eigenvalue weighted by molar-refractivity contribution is -0.894. The third-order valence-corrected chi connectivity index (χ3v) is 4.49. The summed E-state index contributed by atoms with van der Waals surface area (Å²) in [5.41, 5.74) is 0.704. The monoisotopic (exact) mass is 346 g/mol. The van der Waals surface area contributed by atoms with Crippen LogP contribution >= 0.6 is 0 Å². The van der Waals surface area contributed by atoms with E-state index in [2.05, 4.69) is 5.32 Å². The molecule has 2 N–H and O–H groups in total. The molecule has 0 aliphatic carbocycles. The average molecular weight is 346 g/mol. The Bertz CT molecular complexity index is 574. The Balaban J connectivity index is 2.16. The molecule has 1 aliphatic heterocycles. The molecule has 0 aromatic heterocycles. The molecule has 2 atom stereocenters. The van der Waals surface area contributed by atoms with Crippen LogP contribution in [0.5, 0.6) is 0 Å². The van der Waals surface area contributed by atoms with Crippen molar-refractivity contribution in [3.05, 3.63) is 35.9 Å². The predicted octanol–water partition coefficient (Wildman–Crippen LogP) is 1.17. The van der Waals surface area contributed by atoms with Gasteiger partial charge in [-0.3, -0.25) is 9.59 Å². The van der Waals surface area contributed by atoms with Crippen molar-refractivity contribution in [1.82, 2.24) is 10.2 Å². The van der Waals surface area contributed by atoms with Gasteiger partial charge in [0.25, 0.3) is 11.8 Å². The Kier molecular flexibility index (Phi) is 6.59. The van der Waals surface area contributed by atoms with Crippen LogP contribution in [0, 0.1) is 0 Å². The van der Waals surface area contributed by atoms with Crippen LogP contribution in [0.1, 0.15) is 51.6 Å². The van der Waals surface area contributed by atoms with Gasteiger partial charge >= 0.3 is 0 Å². The maximum Gasteiger partial charge on any atom is 0.285 e. The number of amides is 2. The van der Waals surface area contributed by atoms with E-state index in [-0.39, 0.29) is 29.9 Å². The topological polar surface area (TPSA) is 53.9 Å². The lowest BCUT2D eigenvalue weighted by Crippen LogP contribution is -3.11. The summed E-state index contributed by atoms with van der Waals surface area (Å²) in [7, 11) is 1.93. The number of likely N-dealkylation sites (tertiary alicyclic amines) is 1. The first-order valence-electron chi connectivity index (χ1n) is 9.25. The summed E-state index contributed by atoms with van der Waals surface area (Å²) in [6.45, 7) is 7.82. The zero-order valence-corrected chi connectivity index (χ0v) is 16.0. The number of nitrogens with zero attached hydrogens (tertiary/aromatic N) is 1. The summed E-state index contributed by atoms with van der Waals surface area (Å²) in [6.07, 6.45) is 3.32. The molecule has 5 heteroatoms. The summed E-state index contributed by atoms with van der Waals surface area (Å²) >= 11 is 0. The second-order valence-electron chi connectivity index (χ2n) is 8.05. The van der Waals surface area contributed by atoms with Crippen molar-refractivity contribution in [2.24, 2.45) is 0 Å². The number of likely N-dealkylation sites (N-methyl/N-ethyl adjacent to an activating group) is 1. The second kappa shape index (κ2) is 8.48. The Morgan fingerprint density at radius 3 is 2.28 bits per heavy atom. The number of nitrogens with one attached hydrogen (secondary N) is 2. The fourth-order valence-electron chi connectivity index (χ4n) is 3.40. The number of benzene rings is 1. The Labute approximate surface area is 151 Å². The van der Waals surface area contributed by atoms with Crippen LogP contribution in [-0.2, 0) is 9.59 Å². The van der Waals surface area contributed by atoms with Gasteiger partial charge in [-0.05, 0) is 40.0 Å². The molecule has 25 heavy (non-hydrogen) atoms. The second-order valence-corrected chi connectivity index (χ2v) is 8.05. The average Bonchev–Trinajstić information content (AvgIpc) is 2.55. The van der Waals surface area contributed by atoms with Gasteiger partial charge in [-0.2, -0.15) is 0 Å². The smallest absolute Gasteiger partial charge is 0.285 e. The quantitative estimate of drug-likeness (QED) is 0.841. The lowest BCUT2D eigenvalue weighted by atomic mass is 10.0. The van der Waals surface area contributed by atoms with E-state index in [0.29, 0.717) is 0 Å². The van der Waals surface area contributed by atoms with Crippen LogP contribution in [0.25, 0.3) is 0 Å². The van der Waals surface area contributed by atoms with Gasteiger partial charge in [-0.25, -0.2) is 0 Å². The van der Waals surface area contributed by atoms with Gasteiger partial charge in [0, 0.05) is 24.2 Å². The molecule has 2 rings (SSSR count). The maximum absolute atomic E-state index is 13.2. The van der Waals surface area contributed by atoms with E-state index in [9.17, 15) is 9.59 Å². The predicted molar refractivity (Wildman–Crippen MR) is 99.3 cm³/mol. The summed E-state index contributed by atoms with van der Waals surface area (Å²) in [6, 6.07) is 9.48. The molecule has 138 valence electrons. The number of piperidine rings is 1.